The number of fused-ring (bicyclic) bond motifs is 2. The van der Waals surface area contributed by atoms with Gasteiger partial charge in [0, 0.05) is 5.56 Å². The number of benzene rings is 2. The van der Waals surface area contributed by atoms with Crippen LogP contribution < -0.4 is 5.43 Å². The van der Waals surface area contributed by atoms with E-state index < -0.39 is 7.60 Å². The van der Waals surface area contributed by atoms with Gasteiger partial charge in [-0.2, -0.15) is 0 Å². The molecule has 0 fully saturated rings. The summed E-state index contributed by atoms with van der Waals surface area (Å²) in [5.74, 6) is 0. The molecule has 1 aromatic heterocycles. The molecule has 6 heteroatoms. The molecule has 0 saturated carbocycles. The van der Waals surface area contributed by atoms with Crippen molar-refractivity contribution in [2.24, 2.45) is 0 Å². The van der Waals surface area contributed by atoms with E-state index in [-0.39, 0.29) is 18.2 Å². The first-order valence-electron chi connectivity index (χ1n) is 6.91. The van der Waals surface area contributed by atoms with E-state index in [9.17, 15) is 14.3 Å². The Hall–Kier alpha value is -1.94. The lowest BCUT2D eigenvalue weighted by Crippen LogP contribution is -2.03. The molecule has 1 N–H and O–H groups in total. The van der Waals surface area contributed by atoms with E-state index in [0.29, 0.717) is 27.5 Å². The molecule has 0 bridgehead atoms. The van der Waals surface area contributed by atoms with E-state index in [4.69, 9.17) is 8.94 Å². The molecule has 0 aliphatic heterocycles. The quantitative estimate of drug-likeness (QED) is 0.586. The zero-order chi connectivity index (χ0) is 15.7. The minimum Gasteiger partial charge on any atom is -0.456 e. The fraction of sp³-hybridized carbons (Fsp3) is 0.188. The zero-order valence-corrected chi connectivity index (χ0v) is 12.9. The average Bonchev–Trinajstić information content (AvgIpc) is 2.48. The Balaban J connectivity index is 2.24. The molecule has 5 nitrogen and oxygen atoms in total. The highest BCUT2D eigenvalue weighted by Crippen LogP contribution is 2.46. The van der Waals surface area contributed by atoms with Crippen LogP contribution in [-0.2, 0) is 15.3 Å². The summed E-state index contributed by atoms with van der Waals surface area (Å²) >= 11 is 0. The van der Waals surface area contributed by atoms with Gasteiger partial charge >= 0.3 is 7.60 Å². The molecule has 114 valence electrons. The van der Waals surface area contributed by atoms with E-state index in [1.807, 2.05) is 0 Å². The van der Waals surface area contributed by atoms with Gasteiger partial charge in [-0.1, -0.05) is 24.3 Å². The van der Waals surface area contributed by atoms with Gasteiger partial charge in [-0.3, -0.25) is 9.36 Å². The van der Waals surface area contributed by atoms with Crippen molar-refractivity contribution in [1.82, 2.24) is 0 Å². The van der Waals surface area contributed by atoms with Crippen LogP contribution in [0, 0.1) is 0 Å². The predicted octanol–water partition coefficient (Wildman–Crippen LogP) is 3.67. The molecule has 0 aliphatic rings. The second-order valence-electron chi connectivity index (χ2n) is 4.93. The SMILES string of the molecule is CCOP(=O)(O)Cc1cccc2c(=O)c3ccccc3oc12. The van der Waals surface area contributed by atoms with Crippen LogP contribution in [0.4, 0.5) is 0 Å². The summed E-state index contributed by atoms with van der Waals surface area (Å²) < 4.78 is 22.7. The van der Waals surface area contributed by atoms with E-state index >= 15 is 0 Å². The van der Waals surface area contributed by atoms with E-state index in [0.717, 1.165) is 0 Å². The van der Waals surface area contributed by atoms with Crippen LogP contribution >= 0.6 is 7.60 Å². The lowest BCUT2D eigenvalue weighted by Gasteiger charge is -2.12. The number of hydrogen-bond acceptors (Lipinski definition) is 4. The summed E-state index contributed by atoms with van der Waals surface area (Å²) in [5.41, 5.74) is 1.12. The molecule has 1 atom stereocenters. The van der Waals surface area contributed by atoms with Crippen LogP contribution in [0.25, 0.3) is 21.9 Å². The minimum atomic E-state index is -3.76. The van der Waals surface area contributed by atoms with Gasteiger partial charge in [0.15, 0.2) is 0 Å². The van der Waals surface area contributed by atoms with Gasteiger partial charge in [-0.25, -0.2) is 0 Å². The van der Waals surface area contributed by atoms with Gasteiger partial charge in [0.1, 0.15) is 11.2 Å². The van der Waals surface area contributed by atoms with Crippen molar-refractivity contribution in [3.63, 3.8) is 0 Å². The van der Waals surface area contributed by atoms with Crippen LogP contribution in [0.3, 0.4) is 0 Å². The van der Waals surface area contributed by atoms with Crippen molar-refractivity contribution >= 4 is 29.5 Å². The van der Waals surface area contributed by atoms with Gasteiger partial charge < -0.3 is 13.8 Å². The Kier molecular flexibility index (Phi) is 3.87. The lowest BCUT2D eigenvalue weighted by molar-refractivity contribution is 0.272. The highest BCUT2D eigenvalue weighted by Gasteiger charge is 2.22. The topological polar surface area (TPSA) is 76.7 Å². The third-order valence-corrected chi connectivity index (χ3v) is 4.79. The second-order valence-corrected chi connectivity index (χ2v) is 6.78. The second kappa shape index (κ2) is 5.69. The fourth-order valence-corrected chi connectivity index (χ4v) is 3.64. The van der Waals surface area contributed by atoms with E-state index in [2.05, 4.69) is 0 Å². The van der Waals surface area contributed by atoms with Crippen molar-refractivity contribution in [3.05, 3.63) is 58.3 Å². The number of para-hydroxylation sites is 2. The fourth-order valence-electron chi connectivity index (χ4n) is 2.47. The zero-order valence-electron chi connectivity index (χ0n) is 12.0. The third kappa shape index (κ3) is 2.71. The predicted molar refractivity (Wildman–Crippen MR) is 85.1 cm³/mol. The van der Waals surface area contributed by atoms with Gasteiger partial charge in [-0.15, -0.1) is 0 Å². The Morgan fingerprint density at radius 3 is 2.64 bits per heavy atom. The number of hydrogen-bond donors (Lipinski definition) is 1. The van der Waals surface area contributed by atoms with Crippen LogP contribution in [0.2, 0.25) is 0 Å². The third-order valence-electron chi connectivity index (χ3n) is 3.39. The Labute approximate surface area is 126 Å². The molecule has 0 saturated heterocycles. The monoisotopic (exact) mass is 318 g/mol. The molecule has 0 radical (unpaired) electrons. The standard InChI is InChI=1S/C16H15O5P/c1-2-20-22(18,19)10-11-6-5-8-13-15(17)12-7-3-4-9-14(12)21-16(11)13/h3-9H,2,10H2,1H3,(H,18,19). The molecular weight excluding hydrogens is 303 g/mol. The first kappa shape index (κ1) is 15.0. The van der Waals surface area contributed by atoms with Gasteiger partial charge in [-0.05, 0) is 25.1 Å². The first-order chi connectivity index (χ1) is 10.5. The van der Waals surface area contributed by atoms with Gasteiger partial charge in [0.05, 0.1) is 23.5 Å². The summed E-state index contributed by atoms with van der Waals surface area (Å²) in [4.78, 5) is 22.3. The molecule has 1 unspecified atom stereocenters. The summed E-state index contributed by atoms with van der Waals surface area (Å²) in [6.45, 7) is 1.80. The normalized spacial score (nSPS) is 14.3. The van der Waals surface area contributed by atoms with Gasteiger partial charge in [0.25, 0.3) is 0 Å². The Morgan fingerprint density at radius 2 is 1.86 bits per heavy atom. The van der Waals surface area contributed by atoms with E-state index in [1.54, 1.807) is 49.4 Å². The summed E-state index contributed by atoms with van der Waals surface area (Å²) in [7, 11) is -3.76. The maximum Gasteiger partial charge on any atom is 0.332 e. The highest BCUT2D eigenvalue weighted by atomic mass is 31.2. The first-order valence-corrected chi connectivity index (χ1v) is 8.68. The maximum atomic E-state index is 12.5. The largest absolute Gasteiger partial charge is 0.456 e. The van der Waals surface area contributed by atoms with Gasteiger partial charge in [0.2, 0.25) is 5.43 Å². The molecule has 3 rings (SSSR count). The lowest BCUT2D eigenvalue weighted by atomic mass is 10.1. The molecular formula is C16H15O5P. The van der Waals surface area contributed by atoms with Crippen molar-refractivity contribution in [2.45, 2.75) is 13.1 Å². The molecule has 3 aromatic rings. The maximum absolute atomic E-state index is 12.5. The average molecular weight is 318 g/mol. The van der Waals surface area contributed by atoms with Crippen LogP contribution in [-0.4, -0.2) is 11.5 Å². The van der Waals surface area contributed by atoms with Crippen LogP contribution in [0.5, 0.6) is 0 Å². The number of rotatable bonds is 4. The molecule has 1 heterocycles. The summed E-state index contributed by atoms with van der Waals surface area (Å²) in [6, 6.07) is 11.9. The Bertz CT molecular complexity index is 944. The van der Waals surface area contributed by atoms with Crippen molar-refractivity contribution in [3.8, 4) is 0 Å². The minimum absolute atomic E-state index is 0.144. The van der Waals surface area contributed by atoms with Crippen molar-refractivity contribution in [2.75, 3.05) is 6.61 Å². The van der Waals surface area contributed by atoms with E-state index in [1.165, 1.54) is 0 Å². The molecule has 0 spiro atoms. The van der Waals surface area contributed by atoms with Crippen molar-refractivity contribution in [1.29, 1.82) is 0 Å². The smallest absolute Gasteiger partial charge is 0.332 e. The summed E-state index contributed by atoms with van der Waals surface area (Å²) in [6.07, 6.45) is -0.195. The highest BCUT2D eigenvalue weighted by molar-refractivity contribution is 7.51. The molecule has 2 aromatic carbocycles. The molecule has 22 heavy (non-hydrogen) atoms. The van der Waals surface area contributed by atoms with Crippen molar-refractivity contribution < 1.29 is 18.4 Å². The van der Waals surface area contributed by atoms with Crippen LogP contribution in [0.15, 0.2) is 51.7 Å². The molecule has 0 aliphatic carbocycles. The molecule has 0 amide bonds. The van der Waals surface area contributed by atoms with Crippen LogP contribution in [0.1, 0.15) is 12.5 Å². The summed E-state index contributed by atoms with van der Waals surface area (Å²) in [5, 5.41) is 0.886. The Morgan fingerprint density at radius 1 is 1.14 bits per heavy atom.